The second kappa shape index (κ2) is 9.55. The first kappa shape index (κ1) is 20.1. The van der Waals surface area contributed by atoms with Gasteiger partial charge in [0.2, 0.25) is 0 Å². The molecule has 5 heteroatoms. The monoisotopic (exact) mass is 390 g/mol. The molecule has 148 valence electrons. The number of ether oxygens (including phenoxy) is 3. The number of carbonyl (C=O) groups is 2. The van der Waals surface area contributed by atoms with Gasteiger partial charge in [0.25, 0.3) is 0 Å². The van der Waals surface area contributed by atoms with Crippen LogP contribution in [0.15, 0.2) is 72.8 Å². The van der Waals surface area contributed by atoms with E-state index in [4.69, 9.17) is 14.2 Å². The number of methoxy groups -OCH3 is 1. The van der Waals surface area contributed by atoms with Crippen molar-refractivity contribution in [2.75, 3.05) is 7.11 Å². The van der Waals surface area contributed by atoms with E-state index in [2.05, 4.69) is 0 Å². The van der Waals surface area contributed by atoms with Crippen LogP contribution in [0.5, 0.6) is 11.5 Å². The van der Waals surface area contributed by atoms with Gasteiger partial charge < -0.3 is 14.2 Å². The van der Waals surface area contributed by atoms with Crippen molar-refractivity contribution in [2.24, 2.45) is 0 Å². The van der Waals surface area contributed by atoms with Gasteiger partial charge in [-0.25, -0.2) is 4.79 Å². The zero-order valence-electron chi connectivity index (χ0n) is 16.4. The molecule has 29 heavy (non-hydrogen) atoms. The molecule has 0 saturated carbocycles. The predicted molar refractivity (Wildman–Crippen MR) is 109 cm³/mol. The van der Waals surface area contributed by atoms with Crippen LogP contribution >= 0.6 is 0 Å². The van der Waals surface area contributed by atoms with Crippen LogP contribution in [0.2, 0.25) is 0 Å². The number of ketones is 1. The third-order valence-electron chi connectivity index (χ3n) is 4.37. The molecule has 0 spiro atoms. The van der Waals surface area contributed by atoms with Crippen LogP contribution in [0.25, 0.3) is 0 Å². The molecule has 0 aliphatic carbocycles. The number of esters is 1. The molecule has 0 aliphatic heterocycles. The minimum atomic E-state index is -0.432. The molecular weight excluding hydrogens is 368 g/mol. The predicted octanol–water partition coefficient (Wildman–Crippen LogP) is 4.83. The van der Waals surface area contributed by atoms with Gasteiger partial charge in [0.15, 0.2) is 5.78 Å². The van der Waals surface area contributed by atoms with E-state index in [-0.39, 0.29) is 5.78 Å². The summed E-state index contributed by atoms with van der Waals surface area (Å²) in [5, 5.41) is 0. The minimum absolute atomic E-state index is 0.0275. The van der Waals surface area contributed by atoms with E-state index in [0.29, 0.717) is 35.8 Å². The van der Waals surface area contributed by atoms with Crippen LogP contribution in [-0.2, 0) is 18.0 Å². The lowest BCUT2D eigenvalue weighted by Gasteiger charge is -2.11. The SMILES string of the molecule is COC(=O)c1ccccc1OCc1ccc(COc2ccccc2C(C)=O)cc1. The van der Waals surface area contributed by atoms with E-state index < -0.39 is 5.97 Å². The van der Waals surface area contributed by atoms with Crippen molar-refractivity contribution in [1.29, 1.82) is 0 Å². The Kier molecular flexibility index (Phi) is 6.63. The van der Waals surface area contributed by atoms with Crippen LogP contribution in [0.4, 0.5) is 0 Å². The second-order valence-electron chi connectivity index (χ2n) is 6.43. The second-order valence-corrected chi connectivity index (χ2v) is 6.43. The molecule has 0 aliphatic rings. The lowest BCUT2D eigenvalue weighted by molar-refractivity contribution is 0.0595. The maximum atomic E-state index is 11.8. The molecular formula is C24H22O5. The molecule has 0 aromatic heterocycles. The number of para-hydroxylation sites is 2. The molecule has 5 nitrogen and oxygen atoms in total. The fourth-order valence-electron chi connectivity index (χ4n) is 2.81. The van der Waals surface area contributed by atoms with Crippen molar-refractivity contribution < 1.29 is 23.8 Å². The highest BCUT2D eigenvalue weighted by molar-refractivity contribution is 5.96. The standard InChI is InChI=1S/C24H22O5/c1-17(25)20-7-3-5-9-22(20)28-15-18-11-13-19(14-12-18)16-29-23-10-6-4-8-21(23)24(26)27-2/h3-14H,15-16H2,1-2H3. The maximum absolute atomic E-state index is 11.8. The lowest BCUT2D eigenvalue weighted by Crippen LogP contribution is -2.06. The van der Waals surface area contributed by atoms with Crippen molar-refractivity contribution in [3.63, 3.8) is 0 Å². The average Bonchev–Trinajstić information content (AvgIpc) is 2.76. The Balaban J connectivity index is 1.60. The third kappa shape index (κ3) is 5.23. The van der Waals surface area contributed by atoms with Gasteiger partial charge in [-0.15, -0.1) is 0 Å². The maximum Gasteiger partial charge on any atom is 0.341 e. The van der Waals surface area contributed by atoms with Gasteiger partial charge in [0, 0.05) is 0 Å². The van der Waals surface area contributed by atoms with Gasteiger partial charge in [-0.3, -0.25) is 4.79 Å². The normalized spacial score (nSPS) is 10.3. The molecule has 0 amide bonds. The summed E-state index contributed by atoms with van der Waals surface area (Å²) in [7, 11) is 1.34. The molecule has 3 aromatic rings. The fraction of sp³-hybridized carbons (Fsp3) is 0.167. The van der Waals surface area contributed by atoms with Crippen LogP contribution in [0, 0.1) is 0 Å². The number of benzene rings is 3. The highest BCUT2D eigenvalue weighted by atomic mass is 16.5. The zero-order valence-corrected chi connectivity index (χ0v) is 16.4. The van der Waals surface area contributed by atoms with E-state index in [1.807, 2.05) is 36.4 Å². The largest absolute Gasteiger partial charge is 0.488 e. The summed E-state index contributed by atoms with van der Waals surface area (Å²) in [5.41, 5.74) is 2.89. The molecule has 3 aromatic carbocycles. The Bertz CT molecular complexity index is 992. The molecule has 3 rings (SSSR count). The van der Waals surface area contributed by atoms with Crippen molar-refractivity contribution in [1.82, 2.24) is 0 Å². The van der Waals surface area contributed by atoms with Gasteiger partial charge >= 0.3 is 5.97 Å². The Labute approximate surface area is 169 Å². The molecule has 0 radical (unpaired) electrons. The summed E-state index contributed by atoms with van der Waals surface area (Å²) < 4.78 is 16.4. The summed E-state index contributed by atoms with van der Waals surface area (Å²) in [5.74, 6) is 0.596. The molecule has 0 fully saturated rings. The Hall–Kier alpha value is -3.60. The van der Waals surface area contributed by atoms with Crippen LogP contribution in [-0.4, -0.2) is 18.9 Å². The fourth-order valence-corrected chi connectivity index (χ4v) is 2.81. The summed E-state index contributed by atoms with van der Waals surface area (Å²) in [4.78, 5) is 23.5. The summed E-state index contributed by atoms with van der Waals surface area (Å²) >= 11 is 0. The lowest BCUT2D eigenvalue weighted by atomic mass is 10.1. The van der Waals surface area contributed by atoms with E-state index >= 15 is 0 Å². The van der Waals surface area contributed by atoms with Gasteiger partial charge in [-0.2, -0.15) is 0 Å². The first-order valence-corrected chi connectivity index (χ1v) is 9.19. The van der Waals surface area contributed by atoms with Gasteiger partial charge in [0.05, 0.1) is 12.7 Å². The van der Waals surface area contributed by atoms with Crippen molar-refractivity contribution in [3.05, 3.63) is 95.1 Å². The topological polar surface area (TPSA) is 61.8 Å². The summed E-state index contributed by atoms with van der Waals surface area (Å²) in [6.45, 7) is 2.20. The van der Waals surface area contributed by atoms with E-state index in [1.54, 1.807) is 36.4 Å². The summed E-state index contributed by atoms with van der Waals surface area (Å²) in [6, 6.07) is 21.9. The number of rotatable bonds is 8. The minimum Gasteiger partial charge on any atom is -0.488 e. The molecule has 0 saturated heterocycles. The molecule has 0 N–H and O–H groups in total. The van der Waals surface area contributed by atoms with Crippen molar-refractivity contribution in [2.45, 2.75) is 20.1 Å². The molecule has 0 atom stereocenters. The van der Waals surface area contributed by atoms with Gasteiger partial charge in [-0.05, 0) is 42.3 Å². The Morgan fingerprint density at radius 1 is 0.690 bits per heavy atom. The van der Waals surface area contributed by atoms with Crippen molar-refractivity contribution >= 4 is 11.8 Å². The molecule has 0 bridgehead atoms. The van der Waals surface area contributed by atoms with E-state index in [0.717, 1.165) is 11.1 Å². The Morgan fingerprint density at radius 2 is 1.14 bits per heavy atom. The van der Waals surface area contributed by atoms with Crippen LogP contribution < -0.4 is 9.47 Å². The highest BCUT2D eigenvalue weighted by Crippen LogP contribution is 2.22. The average molecular weight is 390 g/mol. The number of hydrogen-bond acceptors (Lipinski definition) is 5. The number of carbonyl (C=O) groups excluding carboxylic acids is 2. The van der Waals surface area contributed by atoms with E-state index in [9.17, 15) is 9.59 Å². The molecule has 0 unspecified atom stereocenters. The smallest absolute Gasteiger partial charge is 0.341 e. The van der Waals surface area contributed by atoms with Crippen LogP contribution in [0.3, 0.4) is 0 Å². The summed E-state index contributed by atoms with van der Waals surface area (Å²) in [6.07, 6.45) is 0. The number of Topliss-reactive ketones (excluding diaryl/α,β-unsaturated/α-hetero) is 1. The zero-order chi connectivity index (χ0) is 20.6. The van der Waals surface area contributed by atoms with Gasteiger partial charge in [-0.1, -0.05) is 48.5 Å². The van der Waals surface area contributed by atoms with Gasteiger partial charge in [0.1, 0.15) is 30.3 Å². The van der Waals surface area contributed by atoms with Crippen molar-refractivity contribution in [3.8, 4) is 11.5 Å². The number of hydrogen-bond donors (Lipinski definition) is 0. The van der Waals surface area contributed by atoms with E-state index in [1.165, 1.54) is 14.0 Å². The van der Waals surface area contributed by atoms with Crippen LogP contribution in [0.1, 0.15) is 38.8 Å². The quantitative estimate of drug-likeness (QED) is 0.407. The third-order valence-corrected chi connectivity index (χ3v) is 4.37. The Morgan fingerprint density at radius 3 is 1.62 bits per heavy atom. The first-order valence-electron chi connectivity index (χ1n) is 9.19. The molecule has 0 heterocycles. The first-order chi connectivity index (χ1) is 14.1. The highest BCUT2D eigenvalue weighted by Gasteiger charge is 2.12.